The highest BCUT2D eigenvalue weighted by molar-refractivity contribution is 5.95. The van der Waals surface area contributed by atoms with Gasteiger partial charge in [-0.25, -0.2) is 4.79 Å². The van der Waals surface area contributed by atoms with Gasteiger partial charge in [0.1, 0.15) is 5.75 Å². The van der Waals surface area contributed by atoms with Crippen molar-refractivity contribution in [3.8, 4) is 5.75 Å². The Morgan fingerprint density at radius 2 is 1.95 bits per heavy atom. The van der Waals surface area contributed by atoms with Gasteiger partial charge in [-0.3, -0.25) is 13.9 Å². The number of hydrogen-bond donors (Lipinski definition) is 0. The Labute approximate surface area is 122 Å². The molecule has 0 aliphatic heterocycles. The summed E-state index contributed by atoms with van der Waals surface area (Å²) in [7, 11) is 0. The molecule has 0 saturated heterocycles. The van der Waals surface area contributed by atoms with Crippen molar-refractivity contribution in [2.45, 2.75) is 32.4 Å². The van der Waals surface area contributed by atoms with Crippen LogP contribution < -0.4 is 10.4 Å². The molecule has 110 valence electrons. The van der Waals surface area contributed by atoms with Crippen molar-refractivity contribution in [3.05, 3.63) is 52.7 Å². The lowest BCUT2D eigenvalue weighted by Gasteiger charge is -2.05. The van der Waals surface area contributed by atoms with Gasteiger partial charge in [0, 0.05) is 24.0 Å². The average molecular weight is 286 g/mol. The van der Waals surface area contributed by atoms with Crippen molar-refractivity contribution in [1.29, 1.82) is 0 Å². The third-order valence-corrected chi connectivity index (χ3v) is 3.62. The van der Waals surface area contributed by atoms with E-state index in [0.29, 0.717) is 18.2 Å². The molecule has 2 aromatic rings. The highest BCUT2D eigenvalue weighted by Gasteiger charge is 2.25. The molecule has 1 saturated carbocycles. The molecule has 1 fully saturated rings. The van der Waals surface area contributed by atoms with E-state index in [9.17, 15) is 9.59 Å². The van der Waals surface area contributed by atoms with Crippen molar-refractivity contribution in [2.75, 3.05) is 6.61 Å². The third kappa shape index (κ3) is 2.91. The first-order valence-corrected chi connectivity index (χ1v) is 7.22. The predicted octanol–water partition coefficient (Wildman–Crippen LogP) is 2.27. The van der Waals surface area contributed by atoms with E-state index in [0.717, 1.165) is 18.6 Å². The Balaban J connectivity index is 1.72. The van der Waals surface area contributed by atoms with Gasteiger partial charge in [-0.1, -0.05) is 0 Å². The second kappa shape index (κ2) is 5.60. The molecule has 0 radical (unpaired) electrons. The summed E-state index contributed by atoms with van der Waals surface area (Å²) in [5.41, 5.74) is 0.487. The van der Waals surface area contributed by atoms with Gasteiger partial charge in [0.2, 0.25) is 0 Å². The number of rotatable bonds is 6. The molecule has 5 nitrogen and oxygen atoms in total. The molecule has 1 aliphatic carbocycles. The van der Waals surface area contributed by atoms with E-state index in [2.05, 4.69) is 0 Å². The largest absolute Gasteiger partial charge is 0.494 e. The zero-order valence-corrected chi connectivity index (χ0v) is 12.0. The van der Waals surface area contributed by atoms with Crippen LogP contribution in [0.25, 0.3) is 0 Å². The minimum atomic E-state index is -0.100. The fraction of sp³-hybridized carbons (Fsp3) is 0.375. The van der Waals surface area contributed by atoms with Crippen LogP contribution in [0.4, 0.5) is 0 Å². The minimum Gasteiger partial charge on any atom is -0.494 e. The number of imidazole rings is 1. The number of ether oxygens (including phenoxy) is 1. The van der Waals surface area contributed by atoms with Crippen LogP contribution in [-0.4, -0.2) is 21.5 Å². The van der Waals surface area contributed by atoms with E-state index in [4.69, 9.17) is 4.74 Å². The van der Waals surface area contributed by atoms with Crippen LogP contribution in [0, 0.1) is 0 Å². The molecule has 0 atom stereocenters. The molecule has 0 bridgehead atoms. The fourth-order valence-corrected chi connectivity index (χ4v) is 2.33. The van der Waals surface area contributed by atoms with Crippen molar-refractivity contribution >= 4 is 5.78 Å². The first-order valence-electron chi connectivity index (χ1n) is 7.22. The first-order chi connectivity index (χ1) is 10.2. The zero-order chi connectivity index (χ0) is 14.8. The van der Waals surface area contributed by atoms with E-state index in [1.54, 1.807) is 41.2 Å². The first kappa shape index (κ1) is 13.7. The molecule has 0 spiro atoms. The summed E-state index contributed by atoms with van der Waals surface area (Å²) in [6.07, 6.45) is 5.56. The summed E-state index contributed by atoms with van der Waals surface area (Å²) < 4.78 is 8.53. The van der Waals surface area contributed by atoms with E-state index in [1.807, 2.05) is 6.92 Å². The van der Waals surface area contributed by atoms with Crippen LogP contribution in [0.15, 0.2) is 41.5 Å². The number of aromatic nitrogens is 2. The van der Waals surface area contributed by atoms with Gasteiger partial charge in [0.25, 0.3) is 0 Å². The maximum Gasteiger partial charge on any atom is 0.328 e. The van der Waals surface area contributed by atoms with E-state index in [1.165, 1.54) is 4.57 Å². The van der Waals surface area contributed by atoms with Crippen LogP contribution in [0.2, 0.25) is 0 Å². The Morgan fingerprint density at radius 1 is 1.24 bits per heavy atom. The third-order valence-electron chi connectivity index (χ3n) is 3.62. The SMILES string of the molecule is CCOc1ccc(C(=O)Cn2ccn(C3CC3)c2=O)cc1. The van der Waals surface area contributed by atoms with Crippen LogP contribution >= 0.6 is 0 Å². The molecule has 0 unspecified atom stereocenters. The number of ketones is 1. The van der Waals surface area contributed by atoms with Crippen LogP contribution in [0.3, 0.4) is 0 Å². The lowest BCUT2D eigenvalue weighted by molar-refractivity contribution is 0.0970. The number of carbonyl (C=O) groups excluding carboxylic acids is 1. The molecular weight excluding hydrogens is 268 g/mol. The number of hydrogen-bond acceptors (Lipinski definition) is 3. The minimum absolute atomic E-state index is 0.0753. The van der Waals surface area contributed by atoms with E-state index in [-0.39, 0.29) is 18.0 Å². The zero-order valence-electron chi connectivity index (χ0n) is 12.0. The summed E-state index contributed by atoms with van der Waals surface area (Å²) in [6, 6.07) is 7.34. The Morgan fingerprint density at radius 3 is 2.57 bits per heavy atom. The second-order valence-corrected chi connectivity index (χ2v) is 5.23. The molecule has 21 heavy (non-hydrogen) atoms. The van der Waals surface area contributed by atoms with Gasteiger partial charge in [-0.15, -0.1) is 0 Å². The predicted molar refractivity (Wildman–Crippen MR) is 78.9 cm³/mol. The summed E-state index contributed by atoms with van der Waals surface area (Å²) in [4.78, 5) is 24.3. The average Bonchev–Trinajstić information content (AvgIpc) is 3.26. The van der Waals surface area contributed by atoms with Crippen molar-refractivity contribution < 1.29 is 9.53 Å². The molecule has 1 aromatic carbocycles. The van der Waals surface area contributed by atoms with E-state index < -0.39 is 0 Å². The summed E-state index contributed by atoms with van der Waals surface area (Å²) >= 11 is 0. The van der Waals surface area contributed by atoms with Crippen molar-refractivity contribution in [3.63, 3.8) is 0 Å². The quantitative estimate of drug-likeness (QED) is 0.765. The smallest absolute Gasteiger partial charge is 0.328 e. The van der Waals surface area contributed by atoms with Crippen molar-refractivity contribution in [1.82, 2.24) is 9.13 Å². The fourth-order valence-electron chi connectivity index (χ4n) is 2.33. The normalized spacial score (nSPS) is 14.1. The van der Waals surface area contributed by atoms with Gasteiger partial charge in [0.15, 0.2) is 5.78 Å². The summed E-state index contributed by atoms with van der Waals surface area (Å²) in [5, 5.41) is 0. The maximum atomic E-state index is 12.2. The highest BCUT2D eigenvalue weighted by atomic mass is 16.5. The lowest BCUT2D eigenvalue weighted by atomic mass is 10.1. The van der Waals surface area contributed by atoms with Gasteiger partial charge >= 0.3 is 5.69 Å². The Kier molecular flexibility index (Phi) is 3.64. The number of benzene rings is 1. The molecule has 0 N–H and O–H groups in total. The molecule has 0 amide bonds. The summed E-state index contributed by atoms with van der Waals surface area (Å²) in [6.45, 7) is 2.58. The molecule has 1 heterocycles. The molecule has 1 aliphatic rings. The van der Waals surface area contributed by atoms with Crippen LogP contribution in [0.1, 0.15) is 36.2 Å². The number of Topliss-reactive ketones (excluding diaryl/α,β-unsaturated/α-hetero) is 1. The van der Waals surface area contributed by atoms with Gasteiger partial charge in [-0.05, 0) is 44.0 Å². The molecular formula is C16H18N2O3. The van der Waals surface area contributed by atoms with Gasteiger partial charge in [0.05, 0.1) is 13.2 Å². The van der Waals surface area contributed by atoms with Crippen LogP contribution in [-0.2, 0) is 6.54 Å². The molecule has 5 heteroatoms. The Bertz CT molecular complexity index is 693. The topological polar surface area (TPSA) is 53.2 Å². The van der Waals surface area contributed by atoms with Gasteiger partial charge < -0.3 is 4.74 Å². The van der Waals surface area contributed by atoms with Gasteiger partial charge in [-0.2, -0.15) is 0 Å². The number of nitrogens with zero attached hydrogens (tertiary/aromatic N) is 2. The monoisotopic (exact) mass is 286 g/mol. The number of carbonyl (C=O) groups is 1. The molecule has 3 rings (SSSR count). The Hall–Kier alpha value is -2.30. The summed E-state index contributed by atoms with van der Waals surface area (Å²) in [5.74, 6) is 0.666. The maximum absolute atomic E-state index is 12.2. The molecule has 1 aromatic heterocycles. The van der Waals surface area contributed by atoms with Crippen molar-refractivity contribution in [2.24, 2.45) is 0 Å². The second-order valence-electron chi connectivity index (χ2n) is 5.23. The highest BCUT2D eigenvalue weighted by Crippen LogP contribution is 2.33. The standard InChI is InChI=1S/C16H18N2O3/c1-2-21-14-7-3-12(4-8-14)15(19)11-17-9-10-18(16(17)20)13-5-6-13/h3-4,7-10,13H,2,5-6,11H2,1H3. The van der Waals surface area contributed by atoms with E-state index >= 15 is 0 Å². The lowest BCUT2D eigenvalue weighted by Crippen LogP contribution is -2.26. The van der Waals surface area contributed by atoms with Crippen LogP contribution in [0.5, 0.6) is 5.75 Å².